The number of likely N-dealkylation sites (N-methyl/N-ethyl adjacent to an activating group) is 1. The van der Waals surface area contributed by atoms with Crippen LogP contribution in [-0.2, 0) is 6.42 Å². The minimum atomic E-state index is 0.447. The predicted molar refractivity (Wildman–Crippen MR) is 70.8 cm³/mol. The normalized spacial score (nSPS) is 11.1. The lowest BCUT2D eigenvalue weighted by Gasteiger charge is -2.05. The number of hydrogen-bond donors (Lipinski definition) is 2. The Morgan fingerprint density at radius 1 is 1.17 bits per heavy atom. The van der Waals surface area contributed by atoms with E-state index in [4.69, 9.17) is 16.0 Å². The Hall–Kier alpha value is -2.08. The summed E-state index contributed by atoms with van der Waals surface area (Å²) in [5.41, 5.74) is 13.4. The maximum absolute atomic E-state index is 5.73. The zero-order valence-electron chi connectivity index (χ0n) is 10.6. The second kappa shape index (κ2) is 5.05. The molecule has 1 heterocycles. The molecule has 4 N–H and O–H groups in total. The number of rotatable bonds is 4. The molecule has 0 saturated heterocycles. The number of anilines is 2. The van der Waals surface area contributed by atoms with Crippen LogP contribution in [0.2, 0.25) is 0 Å². The summed E-state index contributed by atoms with van der Waals surface area (Å²) in [7, 11) is 4.00. The van der Waals surface area contributed by atoms with E-state index in [9.17, 15) is 0 Å². The molecule has 1 aromatic carbocycles. The van der Waals surface area contributed by atoms with E-state index in [1.807, 2.05) is 14.1 Å². The lowest BCUT2D eigenvalue weighted by Crippen LogP contribution is -2.15. The molecule has 6 heteroatoms. The molecule has 0 bridgehead atoms. The summed E-state index contributed by atoms with van der Waals surface area (Å²) in [6, 6.07) is 5.21. The molecule has 0 aliphatic rings. The zero-order valence-corrected chi connectivity index (χ0v) is 10.6. The largest absolute Gasteiger partial charge is 0.399 e. The molecule has 1 aromatic heterocycles. The van der Waals surface area contributed by atoms with Crippen molar-refractivity contribution in [3.8, 4) is 11.5 Å². The molecular weight excluding hydrogens is 230 g/mol. The van der Waals surface area contributed by atoms with Gasteiger partial charge >= 0.3 is 0 Å². The molecule has 0 aliphatic carbocycles. The molecule has 0 amide bonds. The quantitative estimate of drug-likeness (QED) is 0.783. The SMILES string of the molecule is CN(C)CCc1noc(-c2cc(N)cc(N)c2)n1. The monoisotopic (exact) mass is 247 g/mol. The minimum Gasteiger partial charge on any atom is -0.399 e. The van der Waals surface area contributed by atoms with Crippen LogP contribution in [0.25, 0.3) is 11.5 Å². The third-order valence-electron chi connectivity index (χ3n) is 2.48. The first kappa shape index (κ1) is 12.4. The highest BCUT2D eigenvalue weighted by Gasteiger charge is 2.10. The molecule has 0 aliphatic heterocycles. The number of benzene rings is 1. The van der Waals surface area contributed by atoms with Crippen LogP contribution in [0.4, 0.5) is 11.4 Å². The van der Waals surface area contributed by atoms with Gasteiger partial charge in [0.1, 0.15) is 0 Å². The van der Waals surface area contributed by atoms with Gasteiger partial charge in [-0.3, -0.25) is 0 Å². The topological polar surface area (TPSA) is 94.2 Å². The van der Waals surface area contributed by atoms with Gasteiger partial charge in [-0.15, -0.1) is 0 Å². The first-order valence-electron chi connectivity index (χ1n) is 5.68. The van der Waals surface area contributed by atoms with E-state index in [0.717, 1.165) is 18.5 Å². The Bertz CT molecular complexity index is 515. The maximum Gasteiger partial charge on any atom is 0.258 e. The van der Waals surface area contributed by atoms with Gasteiger partial charge in [-0.1, -0.05) is 5.16 Å². The Kier molecular flexibility index (Phi) is 3.47. The third kappa shape index (κ3) is 2.98. The molecule has 0 spiro atoms. The van der Waals surface area contributed by atoms with Crippen molar-refractivity contribution in [2.45, 2.75) is 6.42 Å². The molecular formula is C12H17N5O. The standard InChI is InChI=1S/C12H17N5O/c1-17(2)4-3-11-15-12(18-16-11)8-5-9(13)7-10(14)6-8/h5-7H,3-4,13-14H2,1-2H3. The predicted octanol–water partition coefficient (Wildman–Crippen LogP) is 1.01. The number of nitrogens with zero attached hydrogens (tertiary/aromatic N) is 3. The average Bonchev–Trinajstić information content (AvgIpc) is 2.73. The zero-order chi connectivity index (χ0) is 13.1. The molecule has 0 atom stereocenters. The first-order valence-corrected chi connectivity index (χ1v) is 5.68. The van der Waals surface area contributed by atoms with Gasteiger partial charge in [0, 0.05) is 29.9 Å². The fourth-order valence-electron chi connectivity index (χ4n) is 1.60. The van der Waals surface area contributed by atoms with Crippen molar-refractivity contribution < 1.29 is 4.52 Å². The lowest BCUT2D eigenvalue weighted by atomic mass is 10.2. The summed E-state index contributed by atoms with van der Waals surface area (Å²) < 4.78 is 5.20. The minimum absolute atomic E-state index is 0.447. The van der Waals surface area contributed by atoms with Crippen molar-refractivity contribution >= 4 is 11.4 Å². The van der Waals surface area contributed by atoms with Gasteiger partial charge in [-0.05, 0) is 32.3 Å². The van der Waals surface area contributed by atoms with Gasteiger partial charge in [0.15, 0.2) is 5.82 Å². The van der Waals surface area contributed by atoms with Crippen molar-refractivity contribution in [3.63, 3.8) is 0 Å². The van der Waals surface area contributed by atoms with E-state index >= 15 is 0 Å². The summed E-state index contributed by atoms with van der Waals surface area (Å²) in [4.78, 5) is 6.38. The second-order valence-electron chi connectivity index (χ2n) is 4.46. The molecule has 0 saturated carbocycles. The summed E-state index contributed by atoms with van der Waals surface area (Å²) >= 11 is 0. The van der Waals surface area contributed by atoms with E-state index in [1.165, 1.54) is 0 Å². The van der Waals surface area contributed by atoms with Gasteiger partial charge in [-0.25, -0.2) is 0 Å². The van der Waals surface area contributed by atoms with E-state index < -0.39 is 0 Å². The summed E-state index contributed by atoms with van der Waals surface area (Å²) in [5, 5.41) is 3.93. The van der Waals surface area contributed by atoms with Gasteiger partial charge < -0.3 is 20.9 Å². The molecule has 2 rings (SSSR count). The first-order chi connectivity index (χ1) is 8.54. The number of nitrogen functional groups attached to an aromatic ring is 2. The summed E-state index contributed by atoms with van der Waals surface area (Å²) in [6.45, 7) is 0.873. The highest BCUT2D eigenvalue weighted by molar-refractivity contribution is 5.66. The van der Waals surface area contributed by atoms with Crippen LogP contribution in [0, 0.1) is 0 Å². The molecule has 2 aromatic rings. The van der Waals surface area contributed by atoms with Crippen molar-refractivity contribution in [2.75, 3.05) is 32.1 Å². The average molecular weight is 247 g/mol. The molecule has 6 nitrogen and oxygen atoms in total. The fraction of sp³-hybridized carbons (Fsp3) is 0.333. The highest BCUT2D eigenvalue weighted by Crippen LogP contribution is 2.23. The van der Waals surface area contributed by atoms with Crippen LogP contribution in [0.1, 0.15) is 5.82 Å². The molecule has 18 heavy (non-hydrogen) atoms. The van der Waals surface area contributed by atoms with Crippen molar-refractivity contribution in [2.24, 2.45) is 0 Å². The summed E-state index contributed by atoms with van der Waals surface area (Å²) in [6.07, 6.45) is 0.744. The number of hydrogen-bond acceptors (Lipinski definition) is 6. The van der Waals surface area contributed by atoms with Crippen molar-refractivity contribution in [3.05, 3.63) is 24.0 Å². The van der Waals surface area contributed by atoms with E-state index in [0.29, 0.717) is 23.1 Å². The molecule has 0 unspecified atom stereocenters. The molecule has 96 valence electrons. The smallest absolute Gasteiger partial charge is 0.258 e. The Morgan fingerprint density at radius 3 is 2.44 bits per heavy atom. The Labute approximate surface area is 106 Å². The number of aromatic nitrogens is 2. The Balaban J connectivity index is 2.18. The number of nitrogens with two attached hydrogens (primary N) is 2. The van der Waals surface area contributed by atoms with Gasteiger partial charge in [-0.2, -0.15) is 4.98 Å². The van der Waals surface area contributed by atoms with Crippen LogP contribution in [0.15, 0.2) is 22.7 Å². The van der Waals surface area contributed by atoms with Crippen LogP contribution in [0.5, 0.6) is 0 Å². The second-order valence-corrected chi connectivity index (χ2v) is 4.46. The lowest BCUT2D eigenvalue weighted by molar-refractivity contribution is 0.392. The van der Waals surface area contributed by atoms with Gasteiger partial charge in [0.2, 0.25) is 0 Å². The Morgan fingerprint density at radius 2 is 1.83 bits per heavy atom. The van der Waals surface area contributed by atoms with Crippen LogP contribution in [-0.4, -0.2) is 35.7 Å². The van der Waals surface area contributed by atoms with Crippen LogP contribution >= 0.6 is 0 Å². The van der Waals surface area contributed by atoms with Gasteiger partial charge in [0.05, 0.1) is 0 Å². The van der Waals surface area contributed by atoms with Crippen LogP contribution < -0.4 is 11.5 Å². The molecule has 0 radical (unpaired) electrons. The van der Waals surface area contributed by atoms with Gasteiger partial charge in [0.25, 0.3) is 5.89 Å². The third-order valence-corrected chi connectivity index (χ3v) is 2.48. The van der Waals surface area contributed by atoms with Crippen LogP contribution in [0.3, 0.4) is 0 Å². The summed E-state index contributed by atoms with van der Waals surface area (Å²) in [5.74, 6) is 1.13. The molecule has 0 fully saturated rings. The van der Waals surface area contributed by atoms with Crippen molar-refractivity contribution in [1.82, 2.24) is 15.0 Å². The van der Waals surface area contributed by atoms with E-state index in [2.05, 4.69) is 15.0 Å². The van der Waals surface area contributed by atoms with Crippen molar-refractivity contribution in [1.29, 1.82) is 0 Å². The highest BCUT2D eigenvalue weighted by atomic mass is 16.5. The van der Waals surface area contributed by atoms with E-state index in [1.54, 1.807) is 18.2 Å². The van der Waals surface area contributed by atoms with E-state index in [-0.39, 0.29) is 0 Å². The maximum atomic E-state index is 5.73. The fourth-order valence-corrected chi connectivity index (χ4v) is 1.60.